The molecule has 0 saturated carbocycles. The maximum Gasteiger partial charge on any atom is 0.145 e. The van der Waals surface area contributed by atoms with Gasteiger partial charge in [-0.05, 0) is 32.0 Å². The van der Waals surface area contributed by atoms with Crippen LogP contribution in [-0.4, -0.2) is 18.2 Å². The number of rotatable bonds is 5. The van der Waals surface area contributed by atoms with Crippen LogP contribution in [0.5, 0.6) is 11.5 Å². The summed E-state index contributed by atoms with van der Waals surface area (Å²) in [6.07, 6.45) is 1.69. The van der Waals surface area contributed by atoms with Gasteiger partial charge >= 0.3 is 0 Å². The first-order valence-electron chi connectivity index (χ1n) is 5.95. The number of pyridine rings is 1. The number of benzene rings is 1. The molecule has 0 bridgehead atoms. The molecule has 0 aliphatic carbocycles. The molecule has 5 nitrogen and oxygen atoms in total. The lowest BCUT2D eigenvalue weighted by Crippen LogP contribution is -2.08. The van der Waals surface area contributed by atoms with Gasteiger partial charge in [0.15, 0.2) is 0 Å². The van der Waals surface area contributed by atoms with Gasteiger partial charge in [0.25, 0.3) is 0 Å². The quantitative estimate of drug-likeness (QED) is 0.627. The highest BCUT2D eigenvalue weighted by Crippen LogP contribution is 2.36. The average molecular weight is 247 g/mol. The average Bonchev–Trinajstić information content (AvgIpc) is 2.41. The van der Waals surface area contributed by atoms with Crippen LogP contribution in [0.25, 0.3) is 10.9 Å². The summed E-state index contributed by atoms with van der Waals surface area (Å²) in [6, 6.07) is 5.55. The summed E-state index contributed by atoms with van der Waals surface area (Å²) in [7, 11) is 0. The fourth-order valence-electron chi connectivity index (χ4n) is 1.88. The van der Waals surface area contributed by atoms with E-state index in [4.69, 9.17) is 15.3 Å². The normalized spacial score (nSPS) is 10.4. The fraction of sp³-hybridized carbons (Fsp3) is 0.308. The van der Waals surface area contributed by atoms with Crippen molar-refractivity contribution in [2.24, 2.45) is 5.84 Å². The number of hydrazine groups is 1. The Labute approximate surface area is 106 Å². The molecule has 2 rings (SSSR count). The van der Waals surface area contributed by atoms with Gasteiger partial charge in [-0.3, -0.25) is 10.8 Å². The monoisotopic (exact) mass is 247 g/mol. The van der Waals surface area contributed by atoms with Crippen molar-refractivity contribution >= 4 is 16.6 Å². The van der Waals surface area contributed by atoms with Gasteiger partial charge < -0.3 is 14.9 Å². The van der Waals surface area contributed by atoms with Gasteiger partial charge in [-0.2, -0.15) is 0 Å². The number of nitrogen functional groups attached to an aromatic ring is 1. The van der Waals surface area contributed by atoms with Gasteiger partial charge in [-0.1, -0.05) is 0 Å². The third-order valence-electron chi connectivity index (χ3n) is 2.57. The second-order valence-corrected chi connectivity index (χ2v) is 3.65. The first kappa shape index (κ1) is 12.4. The number of anilines is 1. The Hall–Kier alpha value is -2.01. The Morgan fingerprint density at radius 1 is 1.11 bits per heavy atom. The summed E-state index contributed by atoms with van der Waals surface area (Å²) in [5.41, 5.74) is 4.18. The van der Waals surface area contributed by atoms with Gasteiger partial charge in [0.2, 0.25) is 0 Å². The molecule has 0 radical (unpaired) electrons. The molecular formula is C13H17N3O2. The van der Waals surface area contributed by atoms with E-state index in [1.807, 2.05) is 26.0 Å². The van der Waals surface area contributed by atoms with E-state index < -0.39 is 0 Å². The lowest BCUT2D eigenvalue weighted by atomic mass is 10.1. The van der Waals surface area contributed by atoms with Crippen molar-refractivity contribution in [1.82, 2.24) is 4.98 Å². The Morgan fingerprint density at radius 2 is 1.78 bits per heavy atom. The Kier molecular flexibility index (Phi) is 3.84. The van der Waals surface area contributed by atoms with Crippen LogP contribution in [0.4, 0.5) is 5.69 Å². The number of nitrogens with one attached hydrogen (secondary N) is 1. The van der Waals surface area contributed by atoms with Gasteiger partial charge in [0.1, 0.15) is 17.0 Å². The van der Waals surface area contributed by atoms with Crippen molar-refractivity contribution in [2.75, 3.05) is 18.6 Å². The van der Waals surface area contributed by atoms with Crippen molar-refractivity contribution in [3.8, 4) is 11.5 Å². The smallest absolute Gasteiger partial charge is 0.145 e. The molecule has 96 valence electrons. The molecule has 1 aromatic heterocycles. The number of nitrogens with two attached hydrogens (primary N) is 1. The van der Waals surface area contributed by atoms with E-state index in [2.05, 4.69) is 10.4 Å². The van der Waals surface area contributed by atoms with E-state index in [-0.39, 0.29) is 0 Å². The van der Waals surface area contributed by atoms with Gasteiger partial charge in [0, 0.05) is 6.20 Å². The lowest BCUT2D eigenvalue weighted by molar-refractivity contribution is 0.336. The molecule has 1 heterocycles. The summed E-state index contributed by atoms with van der Waals surface area (Å²) in [5.74, 6) is 7.01. The summed E-state index contributed by atoms with van der Waals surface area (Å²) in [5, 5.41) is 0.841. The molecule has 0 fully saturated rings. The third-order valence-corrected chi connectivity index (χ3v) is 2.57. The number of aromatic nitrogens is 1. The number of nitrogens with zero attached hydrogens (tertiary/aromatic N) is 1. The second-order valence-electron chi connectivity index (χ2n) is 3.65. The van der Waals surface area contributed by atoms with Gasteiger partial charge in [0.05, 0.1) is 24.3 Å². The predicted octanol–water partition coefficient (Wildman–Crippen LogP) is 2.32. The van der Waals surface area contributed by atoms with Crippen LogP contribution in [0.15, 0.2) is 24.4 Å². The second kappa shape index (κ2) is 5.55. The first-order valence-corrected chi connectivity index (χ1v) is 5.95. The van der Waals surface area contributed by atoms with Crippen molar-refractivity contribution in [3.63, 3.8) is 0 Å². The largest absolute Gasteiger partial charge is 0.493 e. The molecular weight excluding hydrogens is 230 g/mol. The van der Waals surface area contributed by atoms with Crippen LogP contribution >= 0.6 is 0 Å². The zero-order valence-corrected chi connectivity index (χ0v) is 10.6. The standard InChI is InChI=1S/C13H17N3O2/c1-3-17-10-5-6-11(18-4-2)13-12(10)9(16-14)7-8-15-13/h5-8H,3-4,14H2,1-2H3,(H,15,16). The number of hydrogen-bond acceptors (Lipinski definition) is 5. The van der Waals surface area contributed by atoms with Crippen LogP contribution in [0.1, 0.15) is 13.8 Å². The maximum absolute atomic E-state index is 5.60. The summed E-state index contributed by atoms with van der Waals surface area (Å²) >= 11 is 0. The van der Waals surface area contributed by atoms with Gasteiger partial charge in [-0.15, -0.1) is 0 Å². The Balaban J connectivity index is 2.69. The van der Waals surface area contributed by atoms with Crippen molar-refractivity contribution < 1.29 is 9.47 Å². The fourth-order valence-corrected chi connectivity index (χ4v) is 1.88. The molecule has 18 heavy (non-hydrogen) atoms. The molecule has 0 unspecified atom stereocenters. The number of hydrogen-bond donors (Lipinski definition) is 2. The van der Waals surface area contributed by atoms with Crippen LogP contribution in [0.2, 0.25) is 0 Å². The molecule has 3 N–H and O–H groups in total. The van der Waals surface area contributed by atoms with Crippen molar-refractivity contribution in [2.45, 2.75) is 13.8 Å². The zero-order chi connectivity index (χ0) is 13.0. The minimum Gasteiger partial charge on any atom is -0.493 e. The number of fused-ring (bicyclic) bond motifs is 1. The topological polar surface area (TPSA) is 69.4 Å². The summed E-state index contributed by atoms with van der Waals surface area (Å²) in [6.45, 7) is 5.05. The predicted molar refractivity (Wildman–Crippen MR) is 71.9 cm³/mol. The highest BCUT2D eigenvalue weighted by Gasteiger charge is 2.12. The van der Waals surface area contributed by atoms with E-state index in [0.717, 1.165) is 28.1 Å². The van der Waals surface area contributed by atoms with E-state index in [1.165, 1.54) is 0 Å². The van der Waals surface area contributed by atoms with E-state index in [1.54, 1.807) is 12.3 Å². The molecule has 1 aromatic carbocycles. The first-order chi connectivity index (χ1) is 8.81. The van der Waals surface area contributed by atoms with E-state index >= 15 is 0 Å². The van der Waals surface area contributed by atoms with Crippen LogP contribution < -0.4 is 20.7 Å². The Morgan fingerprint density at radius 3 is 2.44 bits per heavy atom. The summed E-state index contributed by atoms with van der Waals surface area (Å²) in [4.78, 5) is 4.35. The Bertz CT molecular complexity index is 543. The highest BCUT2D eigenvalue weighted by molar-refractivity contribution is 5.99. The molecule has 0 amide bonds. The molecule has 0 aliphatic heterocycles. The number of ether oxygens (including phenoxy) is 2. The molecule has 5 heteroatoms. The third kappa shape index (κ3) is 2.17. The highest BCUT2D eigenvalue weighted by atomic mass is 16.5. The molecule has 0 atom stereocenters. The molecule has 2 aromatic rings. The van der Waals surface area contributed by atoms with E-state index in [9.17, 15) is 0 Å². The van der Waals surface area contributed by atoms with Crippen molar-refractivity contribution in [1.29, 1.82) is 0 Å². The van der Waals surface area contributed by atoms with Crippen LogP contribution in [0, 0.1) is 0 Å². The maximum atomic E-state index is 5.60. The van der Waals surface area contributed by atoms with E-state index in [0.29, 0.717) is 13.2 Å². The van der Waals surface area contributed by atoms with Gasteiger partial charge in [-0.25, -0.2) is 0 Å². The minimum absolute atomic E-state index is 0.585. The van der Waals surface area contributed by atoms with Crippen LogP contribution in [0.3, 0.4) is 0 Å². The SMILES string of the molecule is CCOc1ccc(OCC)c2c(NN)ccnc12. The molecule has 0 spiro atoms. The minimum atomic E-state index is 0.585. The zero-order valence-electron chi connectivity index (χ0n) is 10.6. The lowest BCUT2D eigenvalue weighted by Gasteiger charge is -2.13. The summed E-state index contributed by atoms with van der Waals surface area (Å²) < 4.78 is 11.2. The van der Waals surface area contributed by atoms with Crippen molar-refractivity contribution in [3.05, 3.63) is 24.4 Å². The molecule has 0 saturated heterocycles. The van der Waals surface area contributed by atoms with Crippen LogP contribution in [-0.2, 0) is 0 Å². The molecule has 0 aliphatic rings.